The molecule has 1 heterocycles. The zero-order valence-electron chi connectivity index (χ0n) is 15.1. The summed E-state index contributed by atoms with van der Waals surface area (Å²) >= 11 is 1.79. The molecule has 0 aliphatic heterocycles. The number of benzene rings is 1. The maximum absolute atomic E-state index is 5.61. The Hall–Kier alpha value is -1.12. The molecule has 0 saturated carbocycles. The minimum atomic E-state index is 0. The van der Waals surface area contributed by atoms with Crippen LogP contribution in [0.3, 0.4) is 0 Å². The smallest absolute Gasteiger partial charge is 0.191 e. The van der Waals surface area contributed by atoms with Crippen LogP contribution in [0.4, 0.5) is 0 Å². The molecule has 0 aliphatic rings. The van der Waals surface area contributed by atoms with Crippen LogP contribution in [0.2, 0.25) is 0 Å². The normalized spacial score (nSPS) is 13.6. The molecule has 0 aliphatic carbocycles. The minimum Gasteiger partial charge on any atom is -0.375 e. The van der Waals surface area contributed by atoms with Gasteiger partial charge in [-0.25, -0.2) is 0 Å². The summed E-state index contributed by atoms with van der Waals surface area (Å²) in [6.45, 7) is 6.56. The Labute approximate surface area is 172 Å². The lowest BCUT2D eigenvalue weighted by Gasteiger charge is -2.19. The van der Waals surface area contributed by atoms with Crippen molar-refractivity contribution in [2.45, 2.75) is 25.9 Å². The second kappa shape index (κ2) is 12.3. The van der Waals surface area contributed by atoms with Gasteiger partial charge in [0.15, 0.2) is 5.96 Å². The molecule has 1 aromatic heterocycles. The van der Waals surface area contributed by atoms with E-state index in [1.165, 1.54) is 4.88 Å². The molecule has 2 aromatic rings. The fraction of sp³-hybridized carbons (Fsp3) is 0.421. The average Bonchev–Trinajstić information content (AvgIpc) is 3.15. The summed E-state index contributed by atoms with van der Waals surface area (Å²) < 4.78 is 5.61. The molecule has 0 amide bonds. The van der Waals surface area contributed by atoms with E-state index in [4.69, 9.17) is 9.73 Å². The summed E-state index contributed by atoms with van der Waals surface area (Å²) in [4.78, 5) is 6.08. The second-order valence-corrected chi connectivity index (χ2v) is 6.63. The van der Waals surface area contributed by atoms with Gasteiger partial charge in [0, 0.05) is 31.0 Å². The molecule has 0 fully saturated rings. The Morgan fingerprint density at radius 2 is 1.92 bits per heavy atom. The van der Waals surface area contributed by atoms with Gasteiger partial charge < -0.3 is 15.4 Å². The molecule has 0 radical (unpaired) electrons. The number of rotatable bonds is 8. The van der Waals surface area contributed by atoms with E-state index in [0.717, 1.165) is 24.6 Å². The van der Waals surface area contributed by atoms with Crippen LogP contribution in [0.25, 0.3) is 0 Å². The predicted molar refractivity (Wildman–Crippen MR) is 118 cm³/mol. The third kappa shape index (κ3) is 7.33. The van der Waals surface area contributed by atoms with Crippen LogP contribution in [0.5, 0.6) is 0 Å². The van der Waals surface area contributed by atoms with Gasteiger partial charge in [0.05, 0.1) is 12.6 Å². The first-order chi connectivity index (χ1) is 11.7. The van der Waals surface area contributed by atoms with E-state index in [1.807, 2.05) is 18.2 Å². The average molecular weight is 473 g/mol. The van der Waals surface area contributed by atoms with Crippen molar-refractivity contribution in [3.63, 3.8) is 0 Å². The van der Waals surface area contributed by atoms with Gasteiger partial charge in [-0.3, -0.25) is 4.99 Å². The fourth-order valence-electron chi connectivity index (χ4n) is 2.43. The Kier molecular flexibility index (Phi) is 10.8. The van der Waals surface area contributed by atoms with Crippen LogP contribution < -0.4 is 10.6 Å². The molecule has 2 N–H and O–H groups in total. The Morgan fingerprint density at radius 1 is 1.16 bits per heavy atom. The first-order valence-electron chi connectivity index (χ1n) is 8.38. The van der Waals surface area contributed by atoms with E-state index in [9.17, 15) is 0 Å². The van der Waals surface area contributed by atoms with Gasteiger partial charge in [-0.2, -0.15) is 0 Å². The van der Waals surface area contributed by atoms with Crippen molar-refractivity contribution < 1.29 is 4.74 Å². The topological polar surface area (TPSA) is 45.7 Å². The zero-order valence-corrected chi connectivity index (χ0v) is 18.2. The van der Waals surface area contributed by atoms with Crippen molar-refractivity contribution in [3.05, 3.63) is 58.3 Å². The standard InChI is InChI=1S/C19H27N3OS.HI/c1-4-20-19(21-13-15(2)18-11-8-12-24-18)22-14-17(23-3)16-9-6-5-7-10-16;/h5-12,15,17H,4,13-14H2,1-3H3,(H2,20,21,22);1H. The van der Waals surface area contributed by atoms with Gasteiger partial charge in [-0.1, -0.05) is 43.3 Å². The quantitative estimate of drug-likeness (QED) is 0.339. The number of aliphatic imine (C=N–C) groups is 1. The lowest BCUT2D eigenvalue weighted by Crippen LogP contribution is -2.40. The van der Waals surface area contributed by atoms with Crippen LogP contribution in [0.15, 0.2) is 52.8 Å². The van der Waals surface area contributed by atoms with Gasteiger partial charge in [0.2, 0.25) is 0 Å². The molecule has 2 unspecified atom stereocenters. The number of guanidine groups is 1. The zero-order chi connectivity index (χ0) is 17.2. The van der Waals surface area contributed by atoms with Crippen molar-refractivity contribution in [2.24, 2.45) is 4.99 Å². The summed E-state index contributed by atoms with van der Waals surface area (Å²) in [7, 11) is 1.74. The first kappa shape index (κ1) is 21.9. The van der Waals surface area contributed by atoms with E-state index >= 15 is 0 Å². The van der Waals surface area contributed by atoms with Gasteiger partial charge in [-0.05, 0) is 23.9 Å². The third-order valence-electron chi connectivity index (χ3n) is 3.81. The van der Waals surface area contributed by atoms with Crippen molar-refractivity contribution in [1.29, 1.82) is 0 Å². The number of methoxy groups -OCH3 is 1. The highest BCUT2D eigenvalue weighted by molar-refractivity contribution is 14.0. The fourth-order valence-corrected chi connectivity index (χ4v) is 3.20. The molecule has 0 saturated heterocycles. The summed E-state index contributed by atoms with van der Waals surface area (Å²) in [5.74, 6) is 1.26. The molecular weight excluding hydrogens is 445 g/mol. The highest BCUT2D eigenvalue weighted by Gasteiger charge is 2.11. The Balaban J connectivity index is 0.00000312. The van der Waals surface area contributed by atoms with Crippen molar-refractivity contribution in [1.82, 2.24) is 10.6 Å². The largest absolute Gasteiger partial charge is 0.375 e. The van der Waals surface area contributed by atoms with E-state index in [0.29, 0.717) is 12.5 Å². The van der Waals surface area contributed by atoms with Crippen LogP contribution >= 0.6 is 35.3 Å². The van der Waals surface area contributed by atoms with Gasteiger partial charge >= 0.3 is 0 Å². The van der Waals surface area contributed by atoms with Gasteiger partial charge in [-0.15, -0.1) is 35.3 Å². The van der Waals surface area contributed by atoms with Crippen molar-refractivity contribution in [3.8, 4) is 0 Å². The molecule has 1 aromatic carbocycles. The maximum Gasteiger partial charge on any atom is 0.191 e. The lowest BCUT2D eigenvalue weighted by atomic mass is 10.1. The molecule has 25 heavy (non-hydrogen) atoms. The second-order valence-electron chi connectivity index (χ2n) is 5.65. The van der Waals surface area contributed by atoms with Crippen LogP contribution in [-0.4, -0.2) is 32.7 Å². The van der Waals surface area contributed by atoms with Crippen molar-refractivity contribution in [2.75, 3.05) is 26.7 Å². The van der Waals surface area contributed by atoms with Gasteiger partial charge in [0.1, 0.15) is 0 Å². The minimum absolute atomic E-state index is 0. The van der Waals surface area contributed by atoms with E-state index < -0.39 is 0 Å². The molecular formula is C19H28IN3OS. The Bertz CT molecular complexity index is 604. The summed E-state index contributed by atoms with van der Waals surface area (Å²) in [5.41, 5.74) is 1.16. The number of ether oxygens (including phenoxy) is 1. The summed E-state index contributed by atoms with van der Waals surface area (Å²) in [6, 6.07) is 14.5. The molecule has 138 valence electrons. The molecule has 2 atom stereocenters. The van der Waals surface area contributed by atoms with E-state index in [-0.39, 0.29) is 30.1 Å². The van der Waals surface area contributed by atoms with Crippen LogP contribution in [0.1, 0.15) is 36.3 Å². The highest BCUT2D eigenvalue weighted by atomic mass is 127. The summed E-state index contributed by atoms with van der Waals surface area (Å²) in [5, 5.41) is 8.80. The molecule has 0 spiro atoms. The van der Waals surface area contributed by atoms with Crippen molar-refractivity contribution >= 4 is 41.3 Å². The van der Waals surface area contributed by atoms with Crippen LogP contribution in [0, 0.1) is 0 Å². The number of hydrogen-bond acceptors (Lipinski definition) is 3. The maximum atomic E-state index is 5.61. The van der Waals surface area contributed by atoms with E-state index in [2.05, 4.69) is 54.1 Å². The number of nitrogens with one attached hydrogen (secondary N) is 2. The number of hydrogen-bond donors (Lipinski definition) is 2. The first-order valence-corrected chi connectivity index (χ1v) is 9.25. The number of thiophene rings is 1. The predicted octanol–water partition coefficient (Wildman–Crippen LogP) is 4.41. The SMILES string of the molecule is CCNC(=NCC(C)c1cccs1)NCC(OC)c1ccccc1.I. The molecule has 0 bridgehead atoms. The number of halogens is 1. The molecule has 2 rings (SSSR count). The Morgan fingerprint density at radius 3 is 2.52 bits per heavy atom. The summed E-state index contributed by atoms with van der Waals surface area (Å²) in [6.07, 6.45) is 0.00442. The molecule has 4 nitrogen and oxygen atoms in total. The van der Waals surface area contributed by atoms with E-state index in [1.54, 1.807) is 18.4 Å². The monoisotopic (exact) mass is 473 g/mol. The highest BCUT2D eigenvalue weighted by Crippen LogP contribution is 2.20. The van der Waals surface area contributed by atoms with Crippen LogP contribution in [-0.2, 0) is 4.74 Å². The lowest BCUT2D eigenvalue weighted by molar-refractivity contribution is 0.106. The molecule has 6 heteroatoms. The number of nitrogens with zero attached hydrogens (tertiary/aromatic N) is 1. The van der Waals surface area contributed by atoms with Gasteiger partial charge in [0.25, 0.3) is 0 Å². The third-order valence-corrected chi connectivity index (χ3v) is 4.91.